The van der Waals surface area contributed by atoms with Crippen LogP contribution in [-0.2, 0) is 10.0 Å². The Morgan fingerprint density at radius 2 is 2.05 bits per heavy atom. The number of nitrogens with one attached hydrogen (secondary N) is 2. The van der Waals surface area contributed by atoms with E-state index in [2.05, 4.69) is 9.71 Å². The van der Waals surface area contributed by atoms with E-state index in [-0.39, 0.29) is 22.1 Å². The number of ketones is 1. The molecule has 1 aromatic heterocycles. The summed E-state index contributed by atoms with van der Waals surface area (Å²) in [5, 5.41) is 0.800. The first-order valence-corrected chi connectivity index (χ1v) is 9.06. The van der Waals surface area contributed by atoms with Gasteiger partial charge < -0.3 is 4.98 Å². The summed E-state index contributed by atoms with van der Waals surface area (Å²) in [5.41, 5.74) is 1.06. The van der Waals surface area contributed by atoms with E-state index in [0.29, 0.717) is 11.1 Å². The van der Waals surface area contributed by atoms with Crippen molar-refractivity contribution in [3.8, 4) is 0 Å². The van der Waals surface area contributed by atoms with Crippen molar-refractivity contribution in [3.05, 3.63) is 30.0 Å². The number of aromatic nitrogens is 1. The zero-order valence-corrected chi connectivity index (χ0v) is 13.2. The third-order valence-electron chi connectivity index (χ3n) is 4.56. The molecular weight excluding hydrogens is 300 g/mol. The molecule has 6 heteroatoms. The molecule has 0 bridgehead atoms. The third-order valence-corrected chi connectivity index (χ3v) is 6.19. The lowest BCUT2D eigenvalue weighted by Crippen LogP contribution is -2.34. The fraction of sp³-hybridized carbons (Fsp3) is 0.438. The van der Waals surface area contributed by atoms with Crippen LogP contribution in [0.4, 0.5) is 0 Å². The monoisotopic (exact) mass is 318 g/mol. The summed E-state index contributed by atoms with van der Waals surface area (Å²) < 4.78 is 27.5. The van der Waals surface area contributed by atoms with Crippen LogP contribution >= 0.6 is 0 Å². The number of carbonyl (C=O) groups excluding carboxylic acids is 1. The maximum Gasteiger partial charge on any atom is 0.241 e. The molecule has 0 saturated heterocycles. The lowest BCUT2D eigenvalue weighted by atomic mass is 10.1. The second-order valence-electron chi connectivity index (χ2n) is 6.71. The topological polar surface area (TPSA) is 79.0 Å². The molecule has 1 heterocycles. The first-order valence-electron chi connectivity index (χ1n) is 7.57. The third kappa shape index (κ3) is 2.36. The summed E-state index contributed by atoms with van der Waals surface area (Å²) in [6.07, 6.45) is 5.35. The predicted octanol–water partition coefficient (Wildman–Crippen LogP) is 2.59. The number of carbonyl (C=O) groups is 1. The maximum absolute atomic E-state index is 12.4. The smallest absolute Gasteiger partial charge is 0.241 e. The molecular formula is C16H18N2O3S. The van der Waals surface area contributed by atoms with E-state index in [9.17, 15) is 13.2 Å². The van der Waals surface area contributed by atoms with Crippen LogP contribution in [0.1, 0.15) is 43.0 Å². The fourth-order valence-corrected chi connectivity index (χ4v) is 4.21. The molecule has 2 saturated carbocycles. The van der Waals surface area contributed by atoms with Crippen molar-refractivity contribution in [1.29, 1.82) is 0 Å². The van der Waals surface area contributed by atoms with Crippen LogP contribution in [0.15, 0.2) is 29.3 Å². The molecule has 2 aliphatic rings. The summed E-state index contributed by atoms with van der Waals surface area (Å²) in [6.45, 7) is 1.91. The van der Waals surface area contributed by atoms with Gasteiger partial charge in [0.05, 0.1) is 4.90 Å². The number of Topliss-reactive ketones (excluding diaryl/α,β-unsaturated/α-hetero) is 1. The van der Waals surface area contributed by atoms with E-state index in [1.165, 1.54) is 0 Å². The van der Waals surface area contributed by atoms with Gasteiger partial charge >= 0.3 is 0 Å². The Kier molecular flexibility index (Phi) is 2.81. The van der Waals surface area contributed by atoms with Gasteiger partial charge in [-0.25, -0.2) is 13.1 Å². The standard InChI is InChI=1S/C16H18N2O3S/c1-16(6-7-16)18-22(20,21)11-4-5-12-13(9-17-14(12)8-11)15(19)10-2-3-10/h4-5,8-10,17-18H,2-3,6-7H2,1H3. The van der Waals surface area contributed by atoms with Gasteiger partial charge in [0.2, 0.25) is 10.0 Å². The Balaban J connectivity index is 1.71. The average Bonchev–Trinajstić information content (AvgIpc) is 3.37. The lowest BCUT2D eigenvalue weighted by Gasteiger charge is -2.12. The van der Waals surface area contributed by atoms with Crippen LogP contribution in [0.25, 0.3) is 10.9 Å². The van der Waals surface area contributed by atoms with Gasteiger partial charge in [-0.3, -0.25) is 4.79 Å². The largest absolute Gasteiger partial charge is 0.360 e. The molecule has 0 spiro atoms. The highest BCUT2D eigenvalue weighted by atomic mass is 32.2. The number of hydrogen-bond donors (Lipinski definition) is 2. The minimum Gasteiger partial charge on any atom is -0.360 e. The number of benzene rings is 1. The van der Waals surface area contributed by atoms with Gasteiger partial charge in [0.25, 0.3) is 0 Å². The van der Waals surface area contributed by atoms with E-state index in [0.717, 1.165) is 31.1 Å². The second-order valence-corrected chi connectivity index (χ2v) is 8.40. The molecule has 0 unspecified atom stereocenters. The highest BCUT2D eigenvalue weighted by Gasteiger charge is 2.41. The maximum atomic E-state index is 12.4. The van der Waals surface area contributed by atoms with Gasteiger partial charge in [0.15, 0.2) is 5.78 Å². The van der Waals surface area contributed by atoms with Crippen LogP contribution in [0.2, 0.25) is 0 Å². The number of hydrogen-bond acceptors (Lipinski definition) is 3. The molecule has 22 heavy (non-hydrogen) atoms. The molecule has 2 aromatic rings. The normalized spacial score (nSPS) is 20.2. The SMILES string of the molecule is CC1(NS(=O)(=O)c2ccc3c(C(=O)C4CC4)c[nH]c3c2)CC1. The van der Waals surface area contributed by atoms with E-state index in [4.69, 9.17) is 0 Å². The van der Waals surface area contributed by atoms with Crippen LogP contribution in [0, 0.1) is 5.92 Å². The molecule has 2 fully saturated rings. The molecule has 0 amide bonds. The molecule has 0 atom stereocenters. The lowest BCUT2D eigenvalue weighted by molar-refractivity contribution is 0.0969. The van der Waals surface area contributed by atoms with Crippen LogP contribution in [-0.4, -0.2) is 24.7 Å². The number of sulfonamides is 1. The number of aromatic amines is 1. The van der Waals surface area contributed by atoms with E-state index < -0.39 is 10.0 Å². The molecule has 5 nitrogen and oxygen atoms in total. The Bertz CT molecular complexity index is 874. The minimum absolute atomic E-state index is 0.152. The molecule has 2 N–H and O–H groups in total. The molecule has 2 aliphatic carbocycles. The fourth-order valence-electron chi connectivity index (χ4n) is 2.71. The van der Waals surface area contributed by atoms with Crippen LogP contribution in [0.3, 0.4) is 0 Å². The van der Waals surface area contributed by atoms with Crippen molar-refractivity contribution >= 4 is 26.7 Å². The van der Waals surface area contributed by atoms with Crippen molar-refractivity contribution in [2.75, 3.05) is 0 Å². The van der Waals surface area contributed by atoms with E-state index >= 15 is 0 Å². The van der Waals surface area contributed by atoms with Gasteiger partial charge in [0, 0.05) is 34.1 Å². The quantitative estimate of drug-likeness (QED) is 0.832. The zero-order chi connectivity index (χ0) is 15.5. The molecule has 4 rings (SSSR count). The number of H-pyrrole nitrogens is 1. The molecule has 0 radical (unpaired) electrons. The van der Waals surface area contributed by atoms with E-state index in [1.807, 2.05) is 6.92 Å². The Morgan fingerprint density at radius 3 is 2.68 bits per heavy atom. The van der Waals surface area contributed by atoms with Crippen molar-refractivity contribution in [2.24, 2.45) is 5.92 Å². The zero-order valence-electron chi connectivity index (χ0n) is 12.3. The first kappa shape index (κ1) is 14.0. The highest BCUT2D eigenvalue weighted by molar-refractivity contribution is 7.89. The van der Waals surface area contributed by atoms with Gasteiger partial charge in [-0.15, -0.1) is 0 Å². The minimum atomic E-state index is -3.52. The Labute approximate surface area is 129 Å². The average molecular weight is 318 g/mol. The summed E-state index contributed by atoms with van der Waals surface area (Å²) >= 11 is 0. The summed E-state index contributed by atoms with van der Waals surface area (Å²) in [4.78, 5) is 15.5. The Hall–Kier alpha value is -1.66. The predicted molar refractivity (Wildman–Crippen MR) is 83.3 cm³/mol. The number of rotatable bonds is 5. The van der Waals surface area contributed by atoms with Crippen molar-refractivity contribution in [3.63, 3.8) is 0 Å². The Morgan fingerprint density at radius 1 is 1.32 bits per heavy atom. The highest BCUT2D eigenvalue weighted by Crippen LogP contribution is 2.37. The van der Waals surface area contributed by atoms with Crippen LogP contribution < -0.4 is 4.72 Å². The summed E-state index contributed by atoms with van der Waals surface area (Å²) in [5.74, 6) is 0.310. The van der Waals surface area contributed by atoms with Crippen molar-refractivity contribution < 1.29 is 13.2 Å². The van der Waals surface area contributed by atoms with Crippen molar-refractivity contribution in [1.82, 2.24) is 9.71 Å². The summed E-state index contributed by atoms with van der Waals surface area (Å²) in [7, 11) is -3.52. The van der Waals surface area contributed by atoms with Gasteiger partial charge in [-0.05, 0) is 44.7 Å². The van der Waals surface area contributed by atoms with Crippen LogP contribution in [0.5, 0.6) is 0 Å². The van der Waals surface area contributed by atoms with Gasteiger partial charge in [0.1, 0.15) is 0 Å². The van der Waals surface area contributed by atoms with Gasteiger partial charge in [-0.2, -0.15) is 0 Å². The van der Waals surface area contributed by atoms with Crippen molar-refractivity contribution in [2.45, 2.75) is 43.0 Å². The molecule has 116 valence electrons. The number of fused-ring (bicyclic) bond motifs is 1. The summed E-state index contributed by atoms with van der Waals surface area (Å²) in [6, 6.07) is 4.91. The van der Waals surface area contributed by atoms with E-state index in [1.54, 1.807) is 24.4 Å². The molecule has 0 aliphatic heterocycles. The van der Waals surface area contributed by atoms with Gasteiger partial charge in [-0.1, -0.05) is 6.07 Å². The second kappa shape index (κ2) is 4.43. The first-order chi connectivity index (χ1) is 10.4. The molecule has 1 aromatic carbocycles.